The minimum Gasteiger partial charge on any atom is -0.447 e. The van der Waals surface area contributed by atoms with Crippen molar-refractivity contribution < 1.29 is 28.2 Å². The highest BCUT2D eigenvalue weighted by molar-refractivity contribution is 5.96. The fourth-order valence-corrected chi connectivity index (χ4v) is 4.40. The molecule has 1 fully saturated rings. The first kappa shape index (κ1) is 27.2. The van der Waals surface area contributed by atoms with E-state index in [0.717, 1.165) is 18.1 Å². The summed E-state index contributed by atoms with van der Waals surface area (Å²) in [6.07, 6.45) is -0.552. The number of halogens is 2. The molecule has 0 aromatic heterocycles. The van der Waals surface area contributed by atoms with E-state index in [2.05, 4.69) is 23.6 Å². The molecule has 1 aliphatic heterocycles. The van der Waals surface area contributed by atoms with Gasteiger partial charge < -0.3 is 20.5 Å². The third-order valence-corrected chi connectivity index (χ3v) is 6.44. The molecule has 9 heteroatoms. The van der Waals surface area contributed by atoms with Crippen LogP contribution < -0.4 is 15.5 Å². The summed E-state index contributed by atoms with van der Waals surface area (Å²) in [6, 6.07) is 16.8. The molecule has 0 radical (unpaired) electrons. The van der Waals surface area contributed by atoms with E-state index < -0.39 is 35.8 Å². The van der Waals surface area contributed by atoms with Gasteiger partial charge >= 0.3 is 6.09 Å². The first-order valence-electron chi connectivity index (χ1n) is 12.6. The molecule has 2 amide bonds. The van der Waals surface area contributed by atoms with Crippen molar-refractivity contribution in [3.8, 4) is 0 Å². The summed E-state index contributed by atoms with van der Waals surface area (Å²) in [6.45, 7) is 3.47. The lowest BCUT2D eigenvalue weighted by molar-refractivity contribution is 0.0830. The summed E-state index contributed by atoms with van der Waals surface area (Å²) >= 11 is 0. The number of anilines is 1. The number of nitrogens with zero attached hydrogens (tertiary/aromatic N) is 1. The maximum atomic E-state index is 13.8. The van der Waals surface area contributed by atoms with Crippen molar-refractivity contribution in [3.05, 3.63) is 101 Å². The van der Waals surface area contributed by atoms with Crippen LogP contribution >= 0.6 is 0 Å². The largest absolute Gasteiger partial charge is 0.447 e. The van der Waals surface area contributed by atoms with Crippen LogP contribution in [-0.2, 0) is 24.1 Å². The maximum Gasteiger partial charge on any atom is 0.414 e. The number of aliphatic hydroxyl groups excluding tert-OH is 1. The molecule has 0 spiro atoms. The molecule has 0 unspecified atom stereocenters. The van der Waals surface area contributed by atoms with Crippen molar-refractivity contribution in [2.45, 2.75) is 38.5 Å². The van der Waals surface area contributed by atoms with Crippen molar-refractivity contribution in [1.29, 1.82) is 0 Å². The van der Waals surface area contributed by atoms with Crippen LogP contribution in [0, 0.1) is 11.6 Å². The maximum absolute atomic E-state index is 13.8. The molecule has 3 aromatic rings. The number of aryl methyl sites for hydroxylation is 1. The fraction of sp³-hybridized carbons (Fsp3) is 0.310. The summed E-state index contributed by atoms with van der Waals surface area (Å²) in [5.74, 6) is -1.92. The number of carbonyl (C=O) groups is 2. The van der Waals surface area contributed by atoms with Crippen molar-refractivity contribution >= 4 is 17.7 Å². The zero-order valence-corrected chi connectivity index (χ0v) is 21.1. The molecule has 7 nitrogen and oxygen atoms in total. The van der Waals surface area contributed by atoms with E-state index in [0.29, 0.717) is 36.5 Å². The van der Waals surface area contributed by atoms with Gasteiger partial charge in [-0.3, -0.25) is 9.69 Å². The van der Waals surface area contributed by atoms with Gasteiger partial charge in [-0.25, -0.2) is 13.6 Å². The lowest BCUT2D eigenvalue weighted by Crippen LogP contribution is -2.48. The normalized spacial score (nSPS) is 14.7. The van der Waals surface area contributed by atoms with Crippen LogP contribution in [0.4, 0.5) is 19.3 Å². The van der Waals surface area contributed by atoms with Crippen LogP contribution in [0.3, 0.4) is 0 Å². The lowest BCUT2D eigenvalue weighted by atomic mass is 10.00. The second-order valence-corrected chi connectivity index (χ2v) is 9.25. The first-order chi connectivity index (χ1) is 18.3. The molecule has 0 aliphatic carbocycles. The smallest absolute Gasteiger partial charge is 0.414 e. The molecule has 1 saturated heterocycles. The standard InChI is InChI=1S/C29H31F2N3O4/c1-2-19-4-3-5-20(12-19)17-32-18-27(35)26(15-21-13-23(30)16-24(31)14-21)33-28(36)22-6-8-25(9-7-22)34-10-11-38-29(34)37/h3-9,12-14,16,26-27,32,35H,2,10-11,15,17-18H2,1H3,(H,33,36)/t26-,27+/m0/s1. The Morgan fingerprint density at radius 3 is 2.39 bits per heavy atom. The number of hydrogen-bond acceptors (Lipinski definition) is 5. The molecular weight excluding hydrogens is 492 g/mol. The van der Waals surface area contributed by atoms with E-state index >= 15 is 0 Å². The van der Waals surface area contributed by atoms with Crippen molar-refractivity contribution in [3.63, 3.8) is 0 Å². The Morgan fingerprint density at radius 2 is 1.74 bits per heavy atom. The van der Waals surface area contributed by atoms with Gasteiger partial charge in [0.2, 0.25) is 0 Å². The number of hydrogen-bond donors (Lipinski definition) is 3. The van der Waals surface area contributed by atoms with Crippen LogP contribution in [0.15, 0.2) is 66.7 Å². The molecule has 0 bridgehead atoms. The highest BCUT2D eigenvalue weighted by Crippen LogP contribution is 2.20. The number of aliphatic hydroxyl groups is 1. The predicted molar refractivity (Wildman–Crippen MR) is 140 cm³/mol. The second kappa shape index (κ2) is 12.6. The van der Waals surface area contributed by atoms with Gasteiger partial charge in [0.25, 0.3) is 5.91 Å². The minimum absolute atomic E-state index is 0.0201. The van der Waals surface area contributed by atoms with Crippen LogP contribution in [0.1, 0.15) is 34.0 Å². The average molecular weight is 524 g/mol. The van der Waals surface area contributed by atoms with Gasteiger partial charge in [-0.15, -0.1) is 0 Å². The Morgan fingerprint density at radius 1 is 1.03 bits per heavy atom. The number of rotatable bonds is 11. The molecule has 3 aromatic carbocycles. The topological polar surface area (TPSA) is 90.9 Å². The molecule has 2 atom stereocenters. The number of nitrogens with one attached hydrogen (secondary N) is 2. The Bertz CT molecular complexity index is 1250. The Hall–Kier alpha value is -3.82. The number of benzene rings is 3. The van der Waals surface area contributed by atoms with E-state index in [4.69, 9.17) is 4.74 Å². The van der Waals surface area contributed by atoms with Crippen molar-refractivity contribution in [2.24, 2.45) is 0 Å². The second-order valence-electron chi connectivity index (χ2n) is 9.25. The summed E-state index contributed by atoms with van der Waals surface area (Å²) in [7, 11) is 0. The molecule has 38 heavy (non-hydrogen) atoms. The van der Waals surface area contributed by atoms with E-state index in [1.165, 1.54) is 22.6 Å². The quantitative estimate of drug-likeness (QED) is 0.354. The molecule has 0 saturated carbocycles. The van der Waals surface area contributed by atoms with E-state index in [-0.39, 0.29) is 13.0 Å². The molecule has 200 valence electrons. The summed E-state index contributed by atoms with van der Waals surface area (Å²) in [4.78, 5) is 26.3. The molecule has 1 aliphatic rings. The van der Waals surface area contributed by atoms with Crippen LogP contribution in [0.2, 0.25) is 0 Å². The van der Waals surface area contributed by atoms with Gasteiger partial charge in [0.15, 0.2) is 0 Å². The fourth-order valence-electron chi connectivity index (χ4n) is 4.40. The summed E-state index contributed by atoms with van der Waals surface area (Å²) < 4.78 is 32.6. The third-order valence-electron chi connectivity index (χ3n) is 6.44. The van der Waals surface area contributed by atoms with Crippen molar-refractivity contribution in [1.82, 2.24) is 10.6 Å². The zero-order valence-electron chi connectivity index (χ0n) is 21.1. The number of ether oxygens (including phenoxy) is 1. The molecular formula is C29H31F2N3O4. The Labute approximate surface area is 220 Å². The van der Waals surface area contributed by atoms with E-state index in [1.807, 2.05) is 18.2 Å². The summed E-state index contributed by atoms with van der Waals surface area (Å²) in [5, 5.41) is 17.0. The van der Waals surface area contributed by atoms with Gasteiger partial charge in [0.1, 0.15) is 18.2 Å². The average Bonchev–Trinajstić information content (AvgIpc) is 3.33. The van der Waals surface area contributed by atoms with Gasteiger partial charge in [0, 0.05) is 30.4 Å². The van der Waals surface area contributed by atoms with Crippen LogP contribution in [0.5, 0.6) is 0 Å². The number of cyclic esters (lactones) is 1. The number of amides is 2. The van der Waals surface area contributed by atoms with Crippen LogP contribution in [-0.4, -0.2) is 48.9 Å². The van der Waals surface area contributed by atoms with Gasteiger partial charge in [-0.05, 0) is 65.9 Å². The molecule has 3 N–H and O–H groups in total. The van der Waals surface area contributed by atoms with Crippen LogP contribution in [0.25, 0.3) is 0 Å². The SMILES string of the molecule is CCc1cccc(CNC[C@@H](O)[C@H](Cc2cc(F)cc(F)c2)NC(=O)c2ccc(N3CCOC3=O)cc2)c1. The third kappa shape index (κ3) is 7.14. The number of carbonyl (C=O) groups excluding carboxylic acids is 2. The zero-order chi connectivity index (χ0) is 27.1. The summed E-state index contributed by atoms with van der Waals surface area (Å²) in [5.41, 5.74) is 3.49. The van der Waals surface area contributed by atoms with Gasteiger partial charge in [-0.2, -0.15) is 0 Å². The Balaban J connectivity index is 1.44. The first-order valence-corrected chi connectivity index (χ1v) is 12.6. The minimum atomic E-state index is -1.04. The highest BCUT2D eigenvalue weighted by atomic mass is 19.1. The van der Waals surface area contributed by atoms with Gasteiger partial charge in [-0.1, -0.05) is 31.2 Å². The highest BCUT2D eigenvalue weighted by Gasteiger charge is 2.25. The molecule has 4 rings (SSSR count). The van der Waals surface area contributed by atoms with E-state index in [9.17, 15) is 23.5 Å². The van der Waals surface area contributed by atoms with Gasteiger partial charge in [0.05, 0.1) is 18.7 Å². The molecule has 1 heterocycles. The Kier molecular flexibility index (Phi) is 9.04. The monoisotopic (exact) mass is 523 g/mol. The predicted octanol–water partition coefficient (Wildman–Crippen LogP) is 3.98. The lowest BCUT2D eigenvalue weighted by Gasteiger charge is -2.25. The van der Waals surface area contributed by atoms with E-state index in [1.54, 1.807) is 24.3 Å². The van der Waals surface area contributed by atoms with Crippen molar-refractivity contribution in [2.75, 3.05) is 24.6 Å².